The van der Waals surface area contributed by atoms with E-state index in [0.29, 0.717) is 0 Å². The second-order valence-corrected chi connectivity index (χ2v) is 4.93. The summed E-state index contributed by atoms with van der Waals surface area (Å²) in [6, 6.07) is 1.99. The summed E-state index contributed by atoms with van der Waals surface area (Å²) in [7, 11) is 0. The highest BCUT2D eigenvalue weighted by atomic mass is 79.9. The Labute approximate surface area is 98.1 Å². The van der Waals surface area contributed by atoms with E-state index in [1.807, 2.05) is 17.8 Å². The molecule has 0 bridgehead atoms. The van der Waals surface area contributed by atoms with E-state index < -0.39 is 0 Å². The fraction of sp³-hybridized carbons (Fsp3) is 0.600. The Balaban J connectivity index is 2.62. The molecule has 0 saturated heterocycles. The van der Waals surface area contributed by atoms with Crippen LogP contribution >= 0.6 is 27.7 Å². The lowest BCUT2D eigenvalue weighted by Gasteiger charge is -2.02. The number of unbranched alkanes of at least 4 members (excludes halogenated alkanes) is 1. The van der Waals surface area contributed by atoms with Crippen LogP contribution in [0.25, 0.3) is 0 Å². The highest BCUT2D eigenvalue weighted by molar-refractivity contribution is 9.10. The first-order valence-corrected chi connectivity index (χ1v) is 6.70. The molecule has 4 heteroatoms. The minimum atomic E-state index is 0.890. The SMILES string of the molecule is CCCCSc1cc(Br)nc(CC)n1. The molecule has 14 heavy (non-hydrogen) atoms. The maximum absolute atomic E-state index is 4.45. The van der Waals surface area contributed by atoms with Crippen molar-refractivity contribution in [3.63, 3.8) is 0 Å². The summed E-state index contributed by atoms with van der Waals surface area (Å²) < 4.78 is 0.892. The second-order valence-electron chi connectivity index (χ2n) is 3.00. The van der Waals surface area contributed by atoms with Crippen LogP contribution in [0.4, 0.5) is 0 Å². The van der Waals surface area contributed by atoms with Crippen LogP contribution in [-0.2, 0) is 6.42 Å². The summed E-state index contributed by atoms with van der Waals surface area (Å²) in [6.07, 6.45) is 3.37. The van der Waals surface area contributed by atoms with E-state index in [4.69, 9.17) is 0 Å². The van der Waals surface area contributed by atoms with E-state index >= 15 is 0 Å². The number of thioether (sulfide) groups is 1. The molecule has 0 fully saturated rings. The quantitative estimate of drug-likeness (QED) is 0.465. The molecule has 0 radical (unpaired) electrons. The normalized spacial score (nSPS) is 10.5. The molecule has 0 saturated carbocycles. The number of aryl methyl sites for hydroxylation is 1. The molecule has 78 valence electrons. The van der Waals surface area contributed by atoms with Crippen LogP contribution < -0.4 is 0 Å². The van der Waals surface area contributed by atoms with Gasteiger partial charge in [-0.25, -0.2) is 9.97 Å². The Hall–Kier alpha value is -0.0900. The molecular weight excluding hydrogens is 260 g/mol. The Bertz CT molecular complexity index is 291. The zero-order valence-electron chi connectivity index (χ0n) is 8.59. The first kappa shape index (κ1) is 12.0. The lowest BCUT2D eigenvalue weighted by Crippen LogP contribution is -1.95. The van der Waals surface area contributed by atoms with Crippen LogP contribution in [0.15, 0.2) is 15.7 Å². The highest BCUT2D eigenvalue weighted by Crippen LogP contribution is 2.20. The van der Waals surface area contributed by atoms with E-state index in [0.717, 1.165) is 27.6 Å². The van der Waals surface area contributed by atoms with Crippen LogP contribution in [0.2, 0.25) is 0 Å². The summed E-state index contributed by atoms with van der Waals surface area (Å²) in [5.74, 6) is 2.06. The molecule has 2 nitrogen and oxygen atoms in total. The molecule has 1 aromatic heterocycles. The van der Waals surface area contributed by atoms with Crippen molar-refractivity contribution in [2.45, 2.75) is 38.1 Å². The molecule has 0 aliphatic heterocycles. The van der Waals surface area contributed by atoms with Crippen LogP contribution in [0.3, 0.4) is 0 Å². The lowest BCUT2D eigenvalue weighted by molar-refractivity contribution is 0.868. The van der Waals surface area contributed by atoms with Gasteiger partial charge in [0.1, 0.15) is 15.5 Å². The summed E-state index contributed by atoms with van der Waals surface area (Å²) in [6.45, 7) is 4.27. The standard InChI is InChI=1S/C10H15BrN2S/c1-3-5-6-14-10-7-8(11)12-9(4-2)13-10/h7H,3-6H2,1-2H3. The molecule has 1 heterocycles. The van der Waals surface area contributed by atoms with Gasteiger partial charge in [0, 0.05) is 12.5 Å². The predicted octanol–water partition coefficient (Wildman–Crippen LogP) is 3.69. The van der Waals surface area contributed by atoms with E-state index in [1.54, 1.807) is 0 Å². The predicted molar refractivity (Wildman–Crippen MR) is 64.7 cm³/mol. The van der Waals surface area contributed by atoms with Gasteiger partial charge in [-0.05, 0) is 28.1 Å². The Kier molecular flexibility index (Phi) is 5.48. The molecule has 0 aliphatic carbocycles. The van der Waals surface area contributed by atoms with Crippen LogP contribution in [0, 0.1) is 0 Å². The molecule has 0 aliphatic rings. The summed E-state index contributed by atoms with van der Waals surface area (Å²) in [4.78, 5) is 8.72. The van der Waals surface area contributed by atoms with Crippen LogP contribution in [0.5, 0.6) is 0 Å². The average Bonchev–Trinajstić information content (AvgIpc) is 2.17. The third-order valence-electron chi connectivity index (χ3n) is 1.78. The molecule has 0 amide bonds. The zero-order valence-corrected chi connectivity index (χ0v) is 11.0. The van der Waals surface area contributed by atoms with Gasteiger partial charge in [0.15, 0.2) is 0 Å². The van der Waals surface area contributed by atoms with Crippen molar-refractivity contribution in [3.05, 3.63) is 16.5 Å². The van der Waals surface area contributed by atoms with E-state index in [2.05, 4.69) is 39.7 Å². The van der Waals surface area contributed by atoms with Gasteiger partial charge in [-0.2, -0.15) is 0 Å². The van der Waals surface area contributed by atoms with Gasteiger partial charge in [0.05, 0.1) is 0 Å². The summed E-state index contributed by atoms with van der Waals surface area (Å²) >= 11 is 5.21. The lowest BCUT2D eigenvalue weighted by atomic mass is 10.4. The van der Waals surface area contributed by atoms with Crippen molar-refractivity contribution in [1.29, 1.82) is 0 Å². The number of aromatic nitrogens is 2. The van der Waals surface area contributed by atoms with Crippen molar-refractivity contribution < 1.29 is 0 Å². The van der Waals surface area contributed by atoms with Crippen molar-refractivity contribution in [2.24, 2.45) is 0 Å². The number of halogens is 1. The van der Waals surface area contributed by atoms with Crippen molar-refractivity contribution in [2.75, 3.05) is 5.75 Å². The molecule has 0 aromatic carbocycles. The van der Waals surface area contributed by atoms with Gasteiger partial charge in [-0.15, -0.1) is 11.8 Å². The number of nitrogens with zero attached hydrogens (tertiary/aromatic N) is 2. The monoisotopic (exact) mass is 274 g/mol. The molecule has 0 spiro atoms. The number of rotatable bonds is 5. The van der Waals surface area contributed by atoms with Crippen LogP contribution in [-0.4, -0.2) is 15.7 Å². The fourth-order valence-electron chi connectivity index (χ4n) is 0.995. The summed E-state index contributed by atoms with van der Waals surface area (Å²) in [5.41, 5.74) is 0. The van der Waals surface area contributed by atoms with E-state index in [9.17, 15) is 0 Å². The molecule has 1 rings (SSSR count). The number of hydrogen-bond donors (Lipinski definition) is 0. The average molecular weight is 275 g/mol. The maximum Gasteiger partial charge on any atom is 0.130 e. The van der Waals surface area contributed by atoms with E-state index in [-0.39, 0.29) is 0 Å². The molecule has 1 aromatic rings. The van der Waals surface area contributed by atoms with Crippen molar-refractivity contribution in [3.8, 4) is 0 Å². The Morgan fingerprint density at radius 2 is 2.14 bits per heavy atom. The Morgan fingerprint density at radius 3 is 2.79 bits per heavy atom. The largest absolute Gasteiger partial charge is 0.227 e. The molecule has 0 atom stereocenters. The number of hydrogen-bond acceptors (Lipinski definition) is 3. The first-order chi connectivity index (χ1) is 6.76. The highest BCUT2D eigenvalue weighted by Gasteiger charge is 2.01. The summed E-state index contributed by atoms with van der Waals surface area (Å²) in [5, 5.41) is 1.08. The van der Waals surface area contributed by atoms with E-state index in [1.165, 1.54) is 12.8 Å². The van der Waals surface area contributed by atoms with Crippen LogP contribution in [0.1, 0.15) is 32.5 Å². The topological polar surface area (TPSA) is 25.8 Å². The van der Waals surface area contributed by atoms with Gasteiger partial charge in [0.2, 0.25) is 0 Å². The zero-order chi connectivity index (χ0) is 10.4. The molecule has 0 N–H and O–H groups in total. The van der Waals surface area contributed by atoms with Gasteiger partial charge in [-0.1, -0.05) is 20.3 Å². The Morgan fingerprint density at radius 1 is 1.36 bits per heavy atom. The van der Waals surface area contributed by atoms with Gasteiger partial charge in [0.25, 0.3) is 0 Å². The van der Waals surface area contributed by atoms with Gasteiger partial charge >= 0.3 is 0 Å². The third kappa shape index (κ3) is 3.96. The van der Waals surface area contributed by atoms with Gasteiger partial charge in [-0.3, -0.25) is 0 Å². The first-order valence-electron chi connectivity index (χ1n) is 4.92. The molecule has 0 unspecified atom stereocenters. The minimum Gasteiger partial charge on any atom is -0.227 e. The fourth-order valence-corrected chi connectivity index (χ4v) is 2.58. The smallest absolute Gasteiger partial charge is 0.130 e. The van der Waals surface area contributed by atoms with Crippen molar-refractivity contribution >= 4 is 27.7 Å². The maximum atomic E-state index is 4.45. The van der Waals surface area contributed by atoms with Gasteiger partial charge < -0.3 is 0 Å². The minimum absolute atomic E-state index is 0.890. The third-order valence-corrected chi connectivity index (χ3v) is 3.19. The second kappa shape index (κ2) is 6.40. The molecular formula is C10H15BrN2S. The van der Waals surface area contributed by atoms with Crippen molar-refractivity contribution in [1.82, 2.24) is 9.97 Å².